The quantitative estimate of drug-likeness (QED) is 0.801. The minimum atomic E-state index is -0.108. The molecule has 1 aromatic heterocycles. The normalized spacial score (nSPS) is 14.9. The van der Waals surface area contributed by atoms with E-state index in [1.807, 2.05) is 36.9 Å². The third kappa shape index (κ3) is 4.22. The van der Waals surface area contributed by atoms with Crippen molar-refractivity contribution in [3.8, 4) is 0 Å². The van der Waals surface area contributed by atoms with Crippen molar-refractivity contribution in [2.75, 3.05) is 36.4 Å². The number of aromatic nitrogens is 1. The number of urea groups is 1. The zero-order chi connectivity index (χ0) is 18.7. The minimum Gasteiger partial charge on any atom is -0.368 e. The van der Waals surface area contributed by atoms with E-state index in [0.29, 0.717) is 28.8 Å². The highest BCUT2D eigenvalue weighted by atomic mass is 35.5. The smallest absolute Gasteiger partial charge is 0.321 e. The van der Waals surface area contributed by atoms with Crippen LogP contribution in [-0.4, -0.2) is 42.1 Å². The Morgan fingerprint density at radius 1 is 1.12 bits per heavy atom. The summed E-state index contributed by atoms with van der Waals surface area (Å²) in [6, 6.07) is 7.36. The molecule has 1 aliphatic rings. The molecule has 0 saturated carbocycles. The molecule has 1 aromatic carbocycles. The highest BCUT2D eigenvalue weighted by molar-refractivity contribution is 6.33. The van der Waals surface area contributed by atoms with Crippen molar-refractivity contribution >= 4 is 40.6 Å². The molecule has 26 heavy (non-hydrogen) atoms. The van der Waals surface area contributed by atoms with Crippen LogP contribution in [0.2, 0.25) is 10.0 Å². The van der Waals surface area contributed by atoms with Crippen LogP contribution < -0.4 is 10.2 Å². The van der Waals surface area contributed by atoms with E-state index in [2.05, 4.69) is 15.2 Å². The molecule has 2 aromatic rings. The third-order valence-corrected chi connectivity index (χ3v) is 5.46. The van der Waals surface area contributed by atoms with Crippen LogP contribution in [0.5, 0.6) is 0 Å². The van der Waals surface area contributed by atoms with Gasteiger partial charge in [0.1, 0.15) is 0 Å². The van der Waals surface area contributed by atoms with Crippen molar-refractivity contribution in [3.05, 3.63) is 51.8 Å². The van der Waals surface area contributed by atoms with Crippen molar-refractivity contribution in [2.24, 2.45) is 0 Å². The first kappa shape index (κ1) is 18.8. The standard InChI is InChI=1S/C19H22Cl2N4O/c1-13-4-5-15(12-16(13)20)23-19(26)25-9-3-8-24(10-11-25)17-6-7-22-14(2)18(17)21/h4-7,12H,3,8-11H2,1-2H3,(H,23,26). The van der Waals surface area contributed by atoms with E-state index in [-0.39, 0.29) is 6.03 Å². The zero-order valence-electron chi connectivity index (χ0n) is 14.9. The van der Waals surface area contributed by atoms with Crippen LogP contribution in [0.15, 0.2) is 30.5 Å². The summed E-state index contributed by atoms with van der Waals surface area (Å²) < 4.78 is 0. The first-order valence-electron chi connectivity index (χ1n) is 8.64. The first-order valence-corrected chi connectivity index (χ1v) is 9.39. The van der Waals surface area contributed by atoms with E-state index in [9.17, 15) is 4.79 Å². The van der Waals surface area contributed by atoms with Gasteiger partial charge < -0.3 is 15.1 Å². The lowest BCUT2D eigenvalue weighted by atomic mass is 10.2. The van der Waals surface area contributed by atoms with Crippen LogP contribution in [0.4, 0.5) is 16.2 Å². The molecule has 2 heterocycles. The van der Waals surface area contributed by atoms with Gasteiger partial charge in [-0.25, -0.2) is 4.79 Å². The molecule has 1 fully saturated rings. The van der Waals surface area contributed by atoms with Gasteiger partial charge in [0.25, 0.3) is 0 Å². The summed E-state index contributed by atoms with van der Waals surface area (Å²) >= 11 is 12.5. The van der Waals surface area contributed by atoms with Crippen LogP contribution in [0, 0.1) is 13.8 Å². The summed E-state index contributed by atoms with van der Waals surface area (Å²) in [7, 11) is 0. The Bertz CT molecular complexity index is 812. The summed E-state index contributed by atoms with van der Waals surface area (Å²) in [5.74, 6) is 0. The van der Waals surface area contributed by atoms with Crippen molar-refractivity contribution in [2.45, 2.75) is 20.3 Å². The Labute approximate surface area is 163 Å². The molecule has 0 spiro atoms. The second kappa shape index (κ2) is 8.14. The molecule has 1 aliphatic heterocycles. The van der Waals surface area contributed by atoms with Crippen LogP contribution in [0.25, 0.3) is 0 Å². The number of pyridine rings is 1. The highest BCUT2D eigenvalue weighted by Gasteiger charge is 2.21. The molecular formula is C19H22Cl2N4O. The number of carbonyl (C=O) groups excluding carboxylic acids is 1. The number of aryl methyl sites for hydroxylation is 2. The molecule has 0 atom stereocenters. The first-order chi connectivity index (χ1) is 12.5. The van der Waals surface area contributed by atoms with E-state index < -0.39 is 0 Å². The Morgan fingerprint density at radius 2 is 1.92 bits per heavy atom. The van der Waals surface area contributed by atoms with Crippen molar-refractivity contribution in [1.29, 1.82) is 0 Å². The third-order valence-electron chi connectivity index (χ3n) is 4.59. The predicted octanol–water partition coefficient (Wildman–Crippen LogP) is 4.75. The van der Waals surface area contributed by atoms with Crippen molar-refractivity contribution < 1.29 is 4.79 Å². The molecule has 7 heteroatoms. The van der Waals surface area contributed by atoms with Crippen LogP contribution >= 0.6 is 23.2 Å². The second-order valence-corrected chi connectivity index (χ2v) is 7.24. The molecule has 1 N–H and O–H groups in total. The van der Waals surface area contributed by atoms with Gasteiger partial charge in [0, 0.05) is 43.1 Å². The fourth-order valence-corrected chi connectivity index (χ4v) is 3.43. The number of nitrogens with zero attached hydrogens (tertiary/aromatic N) is 3. The average molecular weight is 393 g/mol. The lowest BCUT2D eigenvalue weighted by Gasteiger charge is -2.25. The molecule has 3 rings (SSSR count). The molecule has 0 unspecified atom stereocenters. The van der Waals surface area contributed by atoms with Crippen molar-refractivity contribution in [3.63, 3.8) is 0 Å². The minimum absolute atomic E-state index is 0.108. The number of rotatable bonds is 2. The summed E-state index contributed by atoms with van der Waals surface area (Å²) in [4.78, 5) is 20.9. The average Bonchev–Trinajstić information content (AvgIpc) is 2.87. The second-order valence-electron chi connectivity index (χ2n) is 6.45. The number of anilines is 2. The Hall–Kier alpha value is -1.98. The lowest BCUT2D eigenvalue weighted by Crippen LogP contribution is -2.38. The number of benzene rings is 1. The van der Waals surface area contributed by atoms with E-state index in [1.54, 1.807) is 12.3 Å². The molecule has 5 nitrogen and oxygen atoms in total. The van der Waals surface area contributed by atoms with Crippen LogP contribution in [0.1, 0.15) is 17.7 Å². The number of halogens is 2. The zero-order valence-corrected chi connectivity index (χ0v) is 16.4. The van der Waals surface area contributed by atoms with Gasteiger partial charge in [-0.3, -0.25) is 4.98 Å². The lowest BCUT2D eigenvalue weighted by molar-refractivity contribution is 0.215. The topological polar surface area (TPSA) is 48.5 Å². The SMILES string of the molecule is Cc1ccc(NC(=O)N2CCCN(c3ccnc(C)c3Cl)CC2)cc1Cl. The van der Waals surface area contributed by atoms with Gasteiger partial charge in [0.2, 0.25) is 0 Å². The summed E-state index contributed by atoms with van der Waals surface area (Å²) in [5, 5.41) is 4.26. The fourth-order valence-electron chi connectivity index (χ4n) is 3.01. The van der Waals surface area contributed by atoms with E-state index >= 15 is 0 Å². The largest absolute Gasteiger partial charge is 0.368 e. The molecule has 0 bridgehead atoms. The summed E-state index contributed by atoms with van der Waals surface area (Å²) in [5.41, 5.74) is 3.49. The predicted molar refractivity (Wildman–Crippen MR) is 108 cm³/mol. The maximum absolute atomic E-state index is 12.6. The molecule has 138 valence electrons. The highest BCUT2D eigenvalue weighted by Crippen LogP contribution is 2.28. The van der Waals surface area contributed by atoms with E-state index in [0.717, 1.165) is 36.5 Å². The van der Waals surface area contributed by atoms with Gasteiger partial charge in [-0.05, 0) is 44.0 Å². The van der Waals surface area contributed by atoms with Gasteiger partial charge in [-0.15, -0.1) is 0 Å². The molecule has 0 aliphatic carbocycles. The fraction of sp³-hybridized carbons (Fsp3) is 0.368. The Kier molecular flexibility index (Phi) is 5.89. The Balaban J connectivity index is 1.65. The maximum Gasteiger partial charge on any atom is 0.321 e. The molecule has 0 radical (unpaired) electrons. The Morgan fingerprint density at radius 3 is 2.69 bits per heavy atom. The van der Waals surface area contributed by atoms with Gasteiger partial charge in [0.15, 0.2) is 0 Å². The molecule has 1 saturated heterocycles. The van der Waals surface area contributed by atoms with Gasteiger partial charge in [-0.2, -0.15) is 0 Å². The van der Waals surface area contributed by atoms with E-state index in [4.69, 9.17) is 23.2 Å². The maximum atomic E-state index is 12.6. The summed E-state index contributed by atoms with van der Waals surface area (Å²) in [6.45, 7) is 6.74. The number of nitrogens with one attached hydrogen (secondary N) is 1. The molecule has 2 amide bonds. The van der Waals surface area contributed by atoms with Gasteiger partial charge >= 0.3 is 6.03 Å². The number of hydrogen-bond donors (Lipinski definition) is 1. The van der Waals surface area contributed by atoms with Gasteiger partial charge in [0.05, 0.1) is 16.4 Å². The van der Waals surface area contributed by atoms with Crippen LogP contribution in [-0.2, 0) is 0 Å². The summed E-state index contributed by atoms with van der Waals surface area (Å²) in [6.07, 6.45) is 2.65. The van der Waals surface area contributed by atoms with E-state index in [1.165, 1.54) is 0 Å². The monoisotopic (exact) mass is 392 g/mol. The van der Waals surface area contributed by atoms with Gasteiger partial charge in [-0.1, -0.05) is 29.3 Å². The number of amides is 2. The van der Waals surface area contributed by atoms with Crippen LogP contribution in [0.3, 0.4) is 0 Å². The molecular weight excluding hydrogens is 371 g/mol. The number of hydrogen-bond acceptors (Lipinski definition) is 3. The van der Waals surface area contributed by atoms with Crippen molar-refractivity contribution in [1.82, 2.24) is 9.88 Å². The number of carbonyl (C=O) groups is 1.